The summed E-state index contributed by atoms with van der Waals surface area (Å²) in [5.74, 6) is 0.421. The van der Waals surface area contributed by atoms with Crippen LogP contribution in [0.4, 0.5) is 0 Å². The molecule has 1 unspecified atom stereocenters. The molecule has 0 aliphatic heterocycles. The molecule has 0 bridgehead atoms. The number of ether oxygens (including phenoxy) is 1. The number of hydrogen-bond donors (Lipinski definition) is 3. The van der Waals surface area contributed by atoms with Crippen LogP contribution in [0.1, 0.15) is 23.7 Å². The van der Waals surface area contributed by atoms with Gasteiger partial charge in [0.25, 0.3) is 5.91 Å². The summed E-state index contributed by atoms with van der Waals surface area (Å²) in [6, 6.07) is 4.97. The van der Waals surface area contributed by atoms with Crippen LogP contribution in [0.15, 0.2) is 18.2 Å². The highest BCUT2D eigenvalue weighted by Crippen LogP contribution is 2.21. The van der Waals surface area contributed by atoms with Gasteiger partial charge in [0.1, 0.15) is 5.75 Å². The van der Waals surface area contributed by atoms with Crippen LogP contribution >= 0.6 is 34.8 Å². The molecule has 1 atom stereocenters. The first kappa shape index (κ1) is 17.1. The molecule has 0 spiro atoms. The van der Waals surface area contributed by atoms with Crippen molar-refractivity contribution in [3.8, 4) is 5.75 Å². The molecule has 0 aliphatic carbocycles. The van der Waals surface area contributed by atoms with Gasteiger partial charge in [-0.2, -0.15) is 0 Å². The molecule has 0 radical (unpaired) electrons. The molecule has 1 aromatic carbocycles. The van der Waals surface area contributed by atoms with Crippen LogP contribution in [0.25, 0.3) is 0 Å². The Hall–Kier alpha value is -0.930. The Morgan fingerprint density at radius 2 is 2.25 bits per heavy atom. The van der Waals surface area contributed by atoms with Crippen molar-refractivity contribution < 1.29 is 14.6 Å². The van der Waals surface area contributed by atoms with Gasteiger partial charge in [0, 0.05) is 5.56 Å². The Labute approximate surface area is 137 Å². The zero-order chi connectivity index (χ0) is 15.1. The number of thiocarbonyl (C=S) groups is 1. The van der Waals surface area contributed by atoms with Gasteiger partial charge in [0.05, 0.1) is 23.3 Å². The molecule has 110 valence electrons. The van der Waals surface area contributed by atoms with Gasteiger partial charge in [-0.05, 0) is 59.4 Å². The molecule has 1 rings (SSSR count). The number of benzene rings is 1. The second-order valence-corrected chi connectivity index (χ2v) is 5.64. The maximum atomic E-state index is 12.0. The fraction of sp³-hybridized carbons (Fsp3) is 0.385. The fourth-order valence-corrected chi connectivity index (χ4v) is 2.48. The Balaban J connectivity index is 2.67. The number of carbonyl (C=O) groups is 1. The Morgan fingerprint density at radius 3 is 2.75 bits per heavy atom. The summed E-state index contributed by atoms with van der Waals surface area (Å²) in [7, 11) is 1.58. The molecular weight excluding hydrogens is 391 g/mol. The van der Waals surface area contributed by atoms with Crippen molar-refractivity contribution in [2.45, 2.75) is 19.4 Å². The van der Waals surface area contributed by atoms with Crippen LogP contribution in [-0.4, -0.2) is 35.9 Å². The smallest absolute Gasteiger partial charge is 0.257 e. The van der Waals surface area contributed by atoms with Gasteiger partial charge in [-0.1, -0.05) is 6.92 Å². The number of aliphatic hydroxyl groups is 1. The van der Waals surface area contributed by atoms with Gasteiger partial charge < -0.3 is 15.2 Å². The zero-order valence-corrected chi connectivity index (χ0v) is 14.2. The molecule has 3 N–H and O–H groups in total. The third kappa shape index (κ3) is 4.88. The molecule has 7 heteroatoms. The normalized spacial score (nSPS) is 11.6. The maximum absolute atomic E-state index is 12.0. The summed E-state index contributed by atoms with van der Waals surface area (Å²) < 4.78 is 5.98. The molecule has 0 heterocycles. The Kier molecular flexibility index (Phi) is 7.17. The highest BCUT2D eigenvalue weighted by atomic mass is 127. The Morgan fingerprint density at radius 1 is 1.55 bits per heavy atom. The van der Waals surface area contributed by atoms with E-state index in [1.165, 1.54) is 0 Å². The lowest BCUT2D eigenvalue weighted by Gasteiger charge is -2.16. The van der Waals surface area contributed by atoms with Crippen molar-refractivity contribution in [1.29, 1.82) is 0 Å². The SMILES string of the molecule is CCC(CO)NC(=S)NC(=O)c1ccc(OC)c(I)c1. The number of halogens is 1. The van der Waals surface area contributed by atoms with Crippen molar-refractivity contribution in [3.05, 3.63) is 27.3 Å². The number of aliphatic hydroxyl groups excluding tert-OH is 1. The summed E-state index contributed by atoms with van der Waals surface area (Å²) >= 11 is 7.14. The van der Waals surface area contributed by atoms with Gasteiger partial charge in [-0.15, -0.1) is 0 Å². The summed E-state index contributed by atoms with van der Waals surface area (Å²) in [6.45, 7) is 1.89. The van der Waals surface area contributed by atoms with E-state index in [0.717, 1.165) is 3.57 Å². The van der Waals surface area contributed by atoms with Crippen LogP contribution in [0.5, 0.6) is 5.75 Å². The summed E-state index contributed by atoms with van der Waals surface area (Å²) in [6.07, 6.45) is 0.715. The lowest BCUT2D eigenvalue weighted by molar-refractivity contribution is 0.0976. The van der Waals surface area contributed by atoms with Crippen LogP contribution in [0, 0.1) is 3.57 Å². The van der Waals surface area contributed by atoms with E-state index >= 15 is 0 Å². The van der Waals surface area contributed by atoms with Gasteiger partial charge in [-0.3, -0.25) is 10.1 Å². The van der Waals surface area contributed by atoms with E-state index in [0.29, 0.717) is 17.7 Å². The topological polar surface area (TPSA) is 70.6 Å². The zero-order valence-electron chi connectivity index (χ0n) is 11.3. The third-order valence-electron chi connectivity index (χ3n) is 2.69. The van der Waals surface area contributed by atoms with E-state index < -0.39 is 0 Å². The second-order valence-electron chi connectivity index (χ2n) is 4.06. The highest BCUT2D eigenvalue weighted by molar-refractivity contribution is 14.1. The summed E-state index contributed by atoms with van der Waals surface area (Å²) in [5, 5.41) is 14.7. The predicted molar refractivity (Wildman–Crippen MR) is 90.1 cm³/mol. The summed E-state index contributed by atoms with van der Waals surface area (Å²) in [4.78, 5) is 12.0. The van der Waals surface area contributed by atoms with E-state index in [4.69, 9.17) is 22.1 Å². The van der Waals surface area contributed by atoms with Crippen molar-refractivity contribution in [2.75, 3.05) is 13.7 Å². The van der Waals surface area contributed by atoms with Crippen LogP contribution in [0.3, 0.4) is 0 Å². The molecule has 0 saturated heterocycles. The predicted octanol–water partition coefficient (Wildman–Crippen LogP) is 1.67. The van der Waals surface area contributed by atoms with E-state index in [2.05, 4.69) is 33.2 Å². The minimum Gasteiger partial charge on any atom is -0.496 e. The number of amides is 1. The van der Waals surface area contributed by atoms with E-state index in [1.807, 2.05) is 6.92 Å². The second kappa shape index (κ2) is 8.38. The Bertz CT molecular complexity index is 493. The van der Waals surface area contributed by atoms with Gasteiger partial charge in [-0.25, -0.2) is 0 Å². The number of hydrogen-bond acceptors (Lipinski definition) is 4. The lowest BCUT2D eigenvalue weighted by Crippen LogP contribution is -2.45. The number of rotatable bonds is 5. The highest BCUT2D eigenvalue weighted by Gasteiger charge is 2.12. The van der Waals surface area contributed by atoms with Crippen molar-refractivity contribution in [1.82, 2.24) is 10.6 Å². The molecule has 5 nitrogen and oxygen atoms in total. The van der Waals surface area contributed by atoms with E-state index in [1.54, 1.807) is 25.3 Å². The molecular formula is C13H17IN2O3S. The van der Waals surface area contributed by atoms with Crippen LogP contribution < -0.4 is 15.4 Å². The van der Waals surface area contributed by atoms with E-state index in [9.17, 15) is 4.79 Å². The minimum absolute atomic E-state index is 0.0348. The standard InChI is InChI=1S/C13H17IN2O3S/c1-3-9(7-17)15-13(20)16-12(18)8-4-5-11(19-2)10(14)6-8/h4-6,9,17H,3,7H2,1-2H3,(H2,15,16,18,20). The number of carbonyl (C=O) groups excluding carboxylic acids is 1. The maximum Gasteiger partial charge on any atom is 0.257 e. The largest absolute Gasteiger partial charge is 0.496 e. The molecule has 0 saturated carbocycles. The van der Waals surface area contributed by atoms with Gasteiger partial charge >= 0.3 is 0 Å². The van der Waals surface area contributed by atoms with Crippen LogP contribution in [-0.2, 0) is 0 Å². The summed E-state index contributed by atoms with van der Waals surface area (Å²) in [5.41, 5.74) is 0.497. The molecule has 0 aromatic heterocycles. The molecule has 1 amide bonds. The van der Waals surface area contributed by atoms with Crippen molar-refractivity contribution in [2.24, 2.45) is 0 Å². The quantitative estimate of drug-likeness (QED) is 0.511. The van der Waals surface area contributed by atoms with Gasteiger partial charge in [0.15, 0.2) is 5.11 Å². The number of nitrogens with one attached hydrogen (secondary N) is 2. The molecule has 1 aromatic rings. The third-order valence-corrected chi connectivity index (χ3v) is 3.75. The number of methoxy groups -OCH3 is 1. The first-order valence-electron chi connectivity index (χ1n) is 6.08. The monoisotopic (exact) mass is 408 g/mol. The van der Waals surface area contributed by atoms with Crippen LogP contribution in [0.2, 0.25) is 0 Å². The van der Waals surface area contributed by atoms with Crippen molar-refractivity contribution >= 4 is 45.8 Å². The molecule has 0 aliphatic rings. The molecule has 20 heavy (non-hydrogen) atoms. The lowest BCUT2D eigenvalue weighted by atomic mass is 10.2. The average Bonchev–Trinajstić information content (AvgIpc) is 2.44. The first-order chi connectivity index (χ1) is 9.51. The van der Waals surface area contributed by atoms with E-state index in [-0.39, 0.29) is 23.7 Å². The first-order valence-corrected chi connectivity index (χ1v) is 7.56. The minimum atomic E-state index is -0.295. The molecule has 0 fully saturated rings. The average molecular weight is 408 g/mol. The van der Waals surface area contributed by atoms with Crippen molar-refractivity contribution in [3.63, 3.8) is 0 Å². The van der Waals surface area contributed by atoms with Gasteiger partial charge in [0.2, 0.25) is 0 Å². The fourth-order valence-electron chi connectivity index (χ4n) is 1.48.